The van der Waals surface area contributed by atoms with Crippen LogP contribution >= 0.6 is 11.3 Å². The first-order valence-electron chi connectivity index (χ1n) is 9.79. The minimum absolute atomic E-state index is 0.159. The van der Waals surface area contributed by atoms with Gasteiger partial charge in [0, 0.05) is 29.6 Å². The molecule has 0 aliphatic heterocycles. The van der Waals surface area contributed by atoms with Crippen molar-refractivity contribution < 1.29 is 14.3 Å². The molecule has 148 valence electrons. The third-order valence-corrected chi connectivity index (χ3v) is 5.92. The maximum atomic E-state index is 12.6. The van der Waals surface area contributed by atoms with Gasteiger partial charge in [-0.2, -0.15) is 11.3 Å². The van der Waals surface area contributed by atoms with Crippen LogP contribution in [0, 0.1) is 13.8 Å². The minimum Gasteiger partial charge on any atom is -0.454 e. The van der Waals surface area contributed by atoms with Crippen molar-refractivity contribution in [2.75, 3.05) is 6.61 Å². The normalized spacial score (nSPS) is 14.3. The van der Waals surface area contributed by atoms with E-state index < -0.39 is 5.97 Å². The summed E-state index contributed by atoms with van der Waals surface area (Å²) in [5.74, 6) is -0.661. The molecule has 0 radical (unpaired) electrons. The number of thiophene rings is 1. The fraction of sp³-hybridized carbons (Fsp3) is 0.391. The quantitative estimate of drug-likeness (QED) is 0.256. The average Bonchev–Trinajstić information content (AvgIpc) is 3.32. The van der Waals surface area contributed by atoms with Crippen LogP contribution in [0.1, 0.15) is 59.4 Å². The number of carbonyl (C=O) groups excluding carboxylic acids is 2. The molecule has 0 amide bonds. The number of esters is 1. The zero-order valence-corrected chi connectivity index (χ0v) is 17.4. The molecule has 3 rings (SSSR count). The molecule has 5 heteroatoms. The summed E-state index contributed by atoms with van der Waals surface area (Å²) in [6.07, 6.45) is 11.4. The molecule has 2 heterocycles. The maximum absolute atomic E-state index is 12.6. The SMILES string of the molecule is Cc1cc(C(=O)COC(=O)/C=C/c2ccsc2)c(C)n1CCC1=CCCCC1. The zero-order chi connectivity index (χ0) is 19.9. The Hall–Kier alpha value is -2.40. The molecule has 0 fully saturated rings. The lowest BCUT2D eigenvalue weighted by Gasteiger charge is -2.15. The van der Waals surface area contributed by atoms with Crippen LogP contribution in [-0.2, 0) is 16.1 Å². The van der Waals surface area contributed by atoms with Gasteiger partial charge in [-0.1, -0.05) is 11.6 Å². The van der Waals surface area contributed by atoms with Crippen LogP contribution in [0.3, 0.4) is 0 Å². The van der Waals surface area contributed by atoms with Crippen LogP contribution in [0.2, 0.25) is 0 Å². The van der Waals surface area contributed by atoms with Gasteiger partial charge in [-0.15, -0.1) is 0 Å². The Morgan fingerprint density at radius 1 is 1.29 bits per heavy atom. The smallest absolute Gasteiger partial charge is 0.331 e. The summed E-state index contributed by atoms with van der Waals surface area (Å²) in [6.45, 7) is 4.64. The first-order chi connectivity index (χ1) is 13.5. The van der Waals surface area contributed by atoms with Gasteiger partial charge in [0.2, 0.25) is 5.78 Å². The predicted molar refractivity (Wildman–Crippen MR) is 114 cm³/mol. The number of hydrogen-bond acceptors (Lipinski definition) is 4. The van der Waals surface area contributed by atoms with Crippen molar-refractivity contribution in [1.29, 1.82) is 0 Å². The molecule has 4 nitrogen and oxygen atoms in total. The van der Waals surface area contributed by atoms with E-state index in [1.54, 1.807) is 17.4 Å². The molecule has 0 N–H and O–H groups in total. The number of ketones is 1. The Balaban J connectivity index is 1.56. The summed E-state index contributed by atoms with van der Waals surface area (Å²) < 4.78 is 7.32. The third-order valence-electron chi connectivity index (χ3n) is 5.22. The van der Waals surface area contributed by atoms with E-state index in [1.165, 1.54) is 37.3 Å². The van der Waals surface area contributed by atoms with Crippen LogP contribution in [-0.4, -0.2) is 22.9 Å². The van der Waals surface area contributed by atoms with E-state index in [2.05, 4.69) is 10.6 Å². The number of hydrogen-bond donors (Lipinski definition) is 0. The number of Topliss-reactive ketones (excluding diaryl/α,β-unsaturated/α-hetero) is 1. The highest BCUT2D eigenvalue weighted by Crippen LogP contribution is 2.23. The van der Waals surface area contributed by atoms with Gasteiger partial charge in [-0.05, 0) is 80.5 Å². The van der Waals surface area contributed by atoms with Crippen molar-refractivity contribution in [1.82, 2.24) is 4.57 Å². The van der Waals surface area contributed by atoms with E-state index >= 15 is 0 Å². The topological polar surface area (TPSA) is 48.3 Å². The van der Waals surface area contributed by atoms with Gasteiger partial charge >= 0.3 is 5.97 Å². The number of allylic oxidation sites excluding steroid dienone is 2. The molecule has 0 spiro atoms. The zero-order valence-electron chi connectivity index (χ0n) is 16.6. The highest BCUT2D eigenvalue weighted by molar-refractivity contribution is 7.08. The Kier molecular flexibility index (Phi) is 7.04. The number of rotatable bonds is 8. The second kappa shape index (κ2) is 9.69. The van der Waals surface area contributed by atoms with Crippen molar-refractivity contribution >= 4 is 29.2 Å². The van der Waals surface area contributed by atoms with Gasteiger partial charge in [0.15, 0.2) is 6.61 Å². The highest BCUT2D eigenvalue weighted by atomic mass is 32.1. The highest BCUT2D eigenvalue weighted by Gasteiger charge is 2.17. The standard InChI is InChI=1S/C23H27NO3S/c1-17-14-21(18(2)24(17)12-10-19-6-4-3-5-7-19)22(25)15-27-23(26)9-8-20-11-13-28-16-20/h6,8-9,11,13-14,16H,3-5,7,10,12,15H2,1-2H3/b9-8+. The van der Waals surface area contributed by atoms with E-state index in [0.29, 0.717) is 5.56 Å². The van der Waals surface area contributed by atoms with Gasteiger partial charge in [-0.3, -0.25) is 4.79 Å². The van der Waals surface area contributed by atoms with Gasteiger partial charge in [0.25, 0.3) is 0 Å². The second-order valence-corrected chi connectivity index (χ2v) is 8.00. The first kappa shape index (κ1) is 20.3. The van der Waals surface area contributed by atoms with Crippen molar-refractivity contribution in [2.45, 2.75) is 52.5 Å². The lowest BCUT2D eigenvalue weighted by molar-refractivity contribution is -0.136. The largest absolute Gasteiger partial charge is 0.454 e. The van der Waals surface area contributed by atoms with E-state index in [1.807, 2.05) is 36.7 Å². The molecule has 0 saturated carbocycles. The van der Waals surface area contributed by atoms with Crippen LogP contribution < -0.4 is 0 Å². The average molecular weight is 398 g/mol. The van der Waals surface area contributed by atoms with Gasteiger partial charge < -0.3 is 9.30 Å². The number of carbonyl (C=O) groups is 2. The summed E-state index contributed by atoms with van der Waals surface area (Å²) in [6, 6.07) is 3.82. The molecule has 1 aliphatic rings. The number of nitrogens with zero attached hydrogens (tertiary/aromatic N) is 1. The molecule has 0 atom stereocenters. The lowest BCUT2D eigenvalue weighted by Crippen LogP contribution is -2.13. The lowest BCUT2D eigenvalue weighted by atomic mass is 9.97. The van der Waals surface area contributed by atoms with Crippen LogP contribution in [0.4, 0.5) is 0 Å². The number of aromatic nitrogens is 1. The first-order valence-corrected chi connectivity index (χ1v) is 10.7. The molecule has 2 aromatic heterocycles. The Morgan fingerprint density at radius 2 is 2.14 bits per heavy atom. The number of aryl methyl sites for hydroxylation is 1. The van der Waals surface area contributed by atoms with Crippen molar-refractivity contribution in [3.05, 3.63) is 63.1 Å². The van der Waals surface area contributed by atoms with E-state index in [-0.39, 0.29) is 12.4 Å². The molecule has 0 unspecified atom stereocenters. The van der Waals surface area contributed by atoms with Crippen molar-refractivity contribution in [3.8, 4) is 0 Å². The second-order valence-electron chi connectivity index (χ2n) is 7.22. The maximum Gasteiger partial charge on any atom is 0.331 e. The van der Waals surface area contributed by atoms with Crippen molar-refractivity contribution in [2.24, 2.45) is 0 Å². The third kappa shape index (κ3) is 5.32. The number of ether oxygens (including phenoxy) is 1. The molecule has 0 bridgehead atoms. The minimum atomic E-state index is -0.502. The van der Waals surface area contributed by atoms with Gasteiger partial charge in [-0.25, -0.2) is 4.79 Å². The molecule has 2 aromatic rings. The summed E-state index contributed by atoms with van der Waals surface area (Å²) in [7, 11) is 0. The Morgan fingerprint density at radius 3 is 2.86 bits per heavy atom. The van der Waals surface area contributed by atoms with Crippen molar-refractivity contribution in [3.63, 3.8) is 0 Å². The molecule has 28 heavy (non-hydrogen) atoms. The monoisotopic (exact) mass is 397 g/mol. The van der Waals surface area contributed by atoms with E-state index in [4.69, 9.17) is 4.74 Å². The molecule has 0 saturated heterocycles. The fourth-order valence-corrected chi connectivity index (χ4v) is 4.24. The van der Waals surface area contributed by atoms with Crippen LogP contribution in [0.5, 0.6) is 0 Å². The van der Waals surface area contributed by atoms with Gasteiger partial charge in [0.05, 0.1) is 0 Å². The Labute approximate surface area is 170 Å². The molecule has 1 aliphatic carbocycles. The molecule has 0 aromatic carbocycles. The van der Waals surface area contributed by atoms with Crippen LogP contribution in [0.15, 0.2) is 40.6 Å². The predicted octanol–water partition coefficient (Wildman–Crippen LogP) is 5.50. The summed E-state index contributed by atoms with van der Waals surface area (Å²) in [5, 5.41) is 3.88. The van der Waals surface area contributed by atoms with E-state index in [9.17, 15) is 9.59 Å². The Bertz CT molecular complexity index is 887. The summed E-state index contributed by atoms with van der Waals surface area (Å²) in [5.41, 5.74) is 5.14. The summed E-state index contributed by atoms with van der Waals surface area (Å²) >= 11 is 1.56. The fourth-order valence-electron chi connectivity index (χ4n) is 3.61. The van der Waals surface area contributed by atoms with Gasteiger partial charge in [0.1, 0.15) is 0 Å². The van der Waals surface area contributed by atoms with Crippen LogP contribution in [0.25, 0.3) is 6.08 Å². The molecular formula is C23H27NO3S. The summed E-state index contributed by atoms with van der Waals surface area (Å²) in [4.78, 5) is 24.4. The molecular weight excluding hydrogens is 370 g/mol. The van der Waals surface area contributed by atoms with E-state index in [0.717, 1.165) is 29.9 Å².